The molecule has 5 nitrogen and oxygen atoms in total. The third-order valence-electron chi connectivity index (χ3n) is 3.27. The molecule has 0 aromatic heterocycles. The number of hydrogen-bond acceptors (Lipinski definition) is 4. The first-order valence-electron chi connectivity index (χ1n) is 7.78. The molecule has 26 heavy (non-hydrogen) atoms. The monoisotopic (exact) mass is 478 g/mol. The van der Waals surface area contributed by atoms with E-state index in [1.54, 1.807) is 24.3 Å². The first-order chi connectivity index (χ1) is 12.4. The SMILES string of the molecule is CCCOc1c(Br)cc(/C=C(\C#N)C(=O)Nc2ccc(O)cc2)cc1Br. The molecule has 2 N–H and O–H groups in total. The molecule has 0 aliphatic rings. The number of amides is 1. The van der Waals surface area contributed by atoms with Crippen LogP contribution in [0, 0.1) is 11.3 Å². The minimum atomic E-state index is -0.531. The minimum absolute atomic E-state index is 0.0425. The Balaban J connectivity index is 2.23. The summed E-state index contributed by atoms with van der Waals surface area (Å²) < 4.78 is 7.11. The predicted octanol–water partition coefficient (Wildman–Crippen LogP) is 5.25. The van der Waals surface area contributed by atoms with Gasteiger partial charge in [-0.2, -0.15) is 5.26 Å². The summed E-state index contributed by atoms with van der Waals surface area (Å²) >= 11 is 6.89. The molecule has 1 amide bonds. The number of phenols is 1. The smallest absolute Gasteiger partial charge is 0.266 e. The Morgan fingerprint density at radius 2 is 1.88 bits per heavy atom. The summed E-state index contributed by atoms with van der Waals surface area (Å²) in [6.07, 6.45) is 2.38. The second kappa shape index (κ2) is 9.41. The lowest BCUT2D eigenvalue weighted by atomic mass is 10.1. The van der Waals surface area contributed by atoms with Crippen molar-refractivity contribution in [3.8, 4) is 17.6 Å². The lowest BCUT2D eigenvalue weighted by Gasteiger charge is -2.10. The van der Waals surface area contributed by atoms with Gasteiger partial charge >= 0.3 is 0 Å². The average Bonchev–Trinajstić information content (AvgIpc) is 2.61. The number of carbonyl (C=O) groups is 1. The summed E-state index contributed by atoms with van der Waals surface area (Å²) in [5.74, 6) is 0.243. The maximum atomic E-state index is 12.3. The number of nitrogens with one attached hydrogen (secondary N) is 1. The van der Waals surface area contributed by atoms with E-state index >= 15 is 0 Å². The van der Waals surface area contributed by atoms with Crippen LogP contribution in [0.2, 0.25) is 0 Å². The molecule has 7 heteroatoms. The number of nitriles is 1. The zero-order valence-corrected chi connectivity index (χ0v) is 17.1. The molecule has 0 spiro atoms. The van der Waals surface area contributed by atoms with Gasteiger partial charge in [-0.3, -0.25) is 4.79 Å². The van der Waals surface area contributed by atoms with Crippen molar-refractivity contribution < 1.29 is 14.6 Å². The molecule has 2 aromatic carbocycles. The number of hydrogen-bond donors (Lipinski definition) is 2. The van der Waals surface area contributed by atoms with Crippen LogP contribution >= 0.6 is 31.9 Å². The Hall–Kier alpha value is -2.30. The van der Waals surface area contributed by atoms with Gasteiger partial charge in [0.1, 0.15) is 23.1 Å². The highest BCUT2D eigenvalue weighted by atomic mass is 79.9. The van der Waals surface area contributed by atoms with Gasteiger partial charge in [0.05, 0.1) is 15.6 Å². The van der Waals surface area contributed by atoms with Crippen LogP contribution in [0.1, 0.15) is 18.9 Å². The summed E-state index contributed by atoms with van der Waals surface area (Å²) in [6.45, 7) is 2.61. The van der Waals surface area contributed by atoms with Crippen molar-refractivity contribution in [2.24, 2.45) is 0 Å². The van der Waals surface area contributed by atoms with Gasteiger partial charge in [0.2, 0.25) is 0 Å². The number of rotatable bonds is 6. The van der Waals surface area contributed by atoms with Crippen LogP contribution in [0.15, 0.2) is 50.9 Å². The van der Waals surface area contributed by atoms with E-state index in [9.17, 15) is 15.2 Å². The summed E-state index contributed by atoms with van der Waals surface area (Å²) in [7, 11) is 0. The molecule has 0 saturated carbocycles. The fourth-order valence-electron chi connectivity index (χ4n) is 2.06. The number of halogens is 2. The second-order valence-corrected chi connectivity index (χ2v) is 7.04. The normalized spacial score (nSPS) is 10.9. The largest absolute Gasteiger partial charge is 0.508 e. The molecule has 2 rings (SSSR count). The first kappa shape index (κ1) is 20.0. The van der Waals surface area contributed by atoms with Crippen LogP contribution in [-0.2, 0) is 4.79 Å². The number of benzene rings is 2. The first-order valence-corrected chi connectivity index (χ1v) is 9.37. The summed E-state index contributed by atoms with van der Waals surface area (Å²) in [4.78, 5) is 12.3. The Morgan fingerprint density at radius 1 is 1.27 bits per heavy atom. The lowest BCUT2D eigenvalue weighted by molar-refractivity contribution is -0.112. The standard InChI is InChI=1S/C19H16Br2N2O3/c1-2-7-26-18-16(20)9-12(10-17(18)21)8-13(11-22)19(25)23-14-3-5-15(24)6-4-14/h3-6,8-10,24H,2,7H2,1H3,(H,23,25)/b13-8+. The van der Waals surface area contributed by atoms with E-state index in [4.69, 9.17) is 4.74 Å². The third-order valence-corrected chi connectivity index (χ3v) is 4.45. The number of anilines is 1. The molecule has 0 unspecified atom stereocenters. The topological polar surface area (TPSA) is 82.3 Å². The van der Waals surface area contributed by atoms with Crippen molar-refractivity contribution in [3.63, 3.8) is 0 Å². The fraction of sp³-hybridized carbons (Fsp3) is 0.158. The van der Waals surface area contributed by atoms with E-state index in [2.05, 4.69) is 37.2 Å². The van der Waals surface area contributed by atoms with Gasteiger partial charge in [-0.1, -0.05) is 6.92 Å². The zero-order chi connectivity index (χ0) is 19.1. The van der Waals surface area contributed by atoms with Crippen molar-refractivity contribution >= 4 is 49.5 Å². The Labute approximate surface area is 168 Å². The fourth-order valence-corrected chi connectivity index (χ4v) is 3.51. The highest BCUT2D eigenvalue weighted by molar-refractivity contribution is 9.11. The van der Waals surface area contributed by atoms with Crippen LogP contribution in [0.4, 0.5) is 5.69 Å². The van der Waals surface area contributed by atoms with Crippen LogP contribution in [0.5, 0.6) is 11.5 Å². The number of nitrogens with zero attached hydrogens (tertiary/aromatic N) is 1. The van der Waals surface area contributed by atoms with Gasteiger partial charge < -0.3 is 15.2 Å². The molecule has 0 aliphatic carbocycles. The van der Waals surface area contributed by atoms with Gasteiger partial charge in [-0.15, -0.1) is 0 Å². The second-order valence-electron chi connectivity index (χ2n) is 5.33. The van der Waals surface area contributed by atoms with Crippen LogP contribution in [0.3, 0.4) is 0 Å². The summed E-state index contributed by atoms with van der Waals surface area (Å²) in [5, 5.41) is 21.2. The van der Waals surface area contributed by atoms with E-state index < -0.39 is 5.91 Å². The molecule has 2 aromatic rings. The molecule has 0 radical (unpaired) electrons. The van der Waals surface area contributed by atoms with Gasteiger partial charge in [0.15, 0.2) is 0 Å². The van der Waals surface area contributed by atoms with E-state index in [1.807, 2.05) is 13.0 Å². The van der Waals surface area contributed by atoms with Crippen molar-refractivity contribution in [1.82, 2.24) is 0 Å². The Kier molecular flexibility index (Phi) is 7.25. The maximum absolute atomic E-state index is 12.3. The molecule has 0 heterocycles. The van der Waals surface area contributed by atoms with E-state index in [0.717, 1.165) is 15.4 Å². The molecule has 0 saturated heterocycles. The Bertz CT molecular complexity index is 848. The van der Waals surface area contributed by atoms with E-state index in [1.165, 1.54) is 18.2 Å². The number of aromatic hydroxyl groups is 1. The zero-order valence-electron chi connectivity index (χ0n) is 13.9. The van der Waals surface area contributed by atoms with Crippen LogP contribution in [0.25, 0.3) is 6.08 Å². The number of ether oxygens (including phenoxy) is 1. The third kappa shape index (κ3) is 5.35. The van der Waals surface area contributed by atoms with E-state index in [-0.39, 0.29) is 11.3 Å². The van der Waals surface area contributed by atoms with Crippen LogP contribution < -0.4 is 10.1 Å². The van der Waals surface area contributed by atoms with E-state index in [0.29, 0.717) is 23.6 Å². The van der Waals surface area contributed by atoms with Gasteiger partial charge in [-0.25, -0.2) is 0 Å². The van der Waals surface area contributed by atoms with Crippen molar-refractivity contribution in [2.75, 3.05) is 11.9 Å². The van der Waals surface area contributed by atoms with Crippen molar-refractivity contribution in [1.29, 1.82) is 5.26 Å². The number of carbonyl (C=O) groups excluding carboxylic acids is 1. The maximum Gasteiger partial charge on any atom is 0.266 e. The van der Waals surface area contributed by atoms with Gasteiger partial charge in [0.25, 0.3) is 5.91 Å². The van der Waals surface area contributed by atoms with Gasteiger partial charge in [0, 0.05) is 5.69 Å². The molecule has 0 fully saturated rings. The molecule has 0 atom stereocenters. The quantitative estimate of drug-likeness (QED) is 0.336. The predicted molar refractivity (Wildman–Crippen MR) is 108 cm³/mol. The summed E-state index contributed by atoms with van der Waals surface area (Å²) in [6, 6.07) is 11.5. The minimum Gasteiger partial charge on any atom is -0.508 e. The number of phenolic OH excluding ortho intramolecular Hbond substituents is 1. The lowest BCUT2D eigenvalue weighted by Crippen LogP contribution is -2.13. The molecular weight excluding hydrogens is 464 g/mol. The molecular formula is C19H16Br2N2O3. The molecule has 134 valence electrons. The van der Waals surface area contributed by atoms with Crippen LogP contribution in [-0.4, -0.2) is 17.6 Å². The summed E-state index contributed by atoms with van der Waals surface area (Å²) in [5.41, 5.74) is 1.11. The van der Waals surface area contributed by atoms with Crippen molar-refractivity contribution in [2.45, 2.75) is 13.3 Å². The highest BCUT2D eigenvalue weighted by Crippen LogP contribution is 2.35. The molecule has 0 bridgehead atoms. The van der Waals surface area contributed by atoms with Gasteiger partial charge in [-0.05, 0) is 86.3 Å². The highest BCUT2D eigenvalue weighted by Gasteiger charge is 2.12. The average molecular weight is 480 g/mol. The molecule has 0 aliphatic heterocycles. The Morgan fingerprint density at radius 3 is 2.42 bits per heavy atom. The van der Waals surface area contributed by atoms with Crippen molar-refractivity contribution in [3.05, 3.63) is 56.5 Å².